The van der Waals surface area contributed by atoms with E-state index in [9.17, 15) is 10.1 Å². The van der Waals surface area contributed by atoms with E-state index in [0.717, 1.165) is 31.2 Å². The standard InChI is InChI=1S/C20H27N3O2/c1-15-13-25-19(17-8-4-3-5-9-17)16(2)23(15)12-18(24)22-20(14-21)10-6-7-11-20/h3-5,8-9,15-16,19H,6-7,10-13H2,1-2H3,(H,22,24)/t15-,16-,19-/m1/s1. The van der Waals surface area contributed by atoms with E-state index in [0.29, 0.717) is 13.2 Å². The molecule has 2 fully saturated rings. The predicted octanol–water partition coefficient (Wildman–Crippen LogP) is 2.79. The number of carbonyl (C=O) groups is 1. The van der Waals surface area contributed by atoms with Gasteiger partial charge in [-0.2, -0.15) is 5.26 Å². The van der Waals surface area contributed by atoms with E-state index < -0.39 is 5.54 Å². The number of nitriles is 1. The Bertz CT molecular complexity index is 634. The highest BCUT2D eigenvalue weighted by Crippen LogP contribution is 2.31. The second kappa shape index (κ2) is 7.55. The van der Waals surface area contributed by atoms with Crippen LogP contribution in [0.4, 0.5) is 0 Å². The predicted molar refractivity (Wildman–Crippen MR) is 95.7 cm³/mol. The van der Waals surface area contributed by atoms with Crippen molar-refractivity contribution >= 4 is 5.91 Å². The van der Waals surface area contributed by atoms with E-state index in [1.54, 1.807) is 0 Å². The smallest absolute Gasteiger partial charge is 0.235 e. The average Bonchev–Trinajstić information content (AvgIpc) is 3.08. The van der Waals surface area contributed by atoms with Crippen LogP contribution in [0.15, 0.2) is 30.3 Å². The summed E-state index contributed by atoms with van der Waals surface area (Å²) in [5.41, 5.74) is 0.478. The molecule has 1 saturated heterocycles. The number of amides is 1. The number of morpholine rings is 1. The third-order valence-corrected chi connectivity index (χ3v) is 5.55. The van der Waals surface area contributed by atoms with Crippen molar-refractivity contribution in [1.29, 1.82) is 5.26 Å². The molecule has 0 unspecified atom stereocenters. The van der Waals surface area contributed by atoms with Crippen LogP contribution in [0.1, 0.15) is 51.2 Å². The molecule has 1 heterocycles. The summed E-state index contributed by atoms with van der Waals surface area (Å²) in [5, 5.41) is 12.5. The van der Waals surface area contributed by atoms with Crippen LogP contribution in [0, 0.1) is 11.3 Å². The van der Waals surface area contributed by atoms with Crippen LogP contribution in [0.25, 0.3) is 0 Å². The Morgan fingerprint density at radius 3 is 2.64 bits per heavy atom. The van der Waals surface area contributed by atoms with Gasteiger partial charge in [0.25, 0.3) is 0 Å². The van der Waals surface area contributed by atoms with E-state index in [1.165, 1.54) is 0 Å². The highest BCUT2D eigenvalue weighted by atomic mass is 16.5. The number of rotatable bonds is 4. The third-order valence-electron chi connectivity index (χ3n) is 5.55. The van der Waals surface area contributed by atoms with Crippen LogP contribution in [0.2, 0.25) is 0 Å². The molecule has 0 radical (unpaired) electrons. The molecule has 1 saturated carbocycles. The lowest BCUT2D eigenvalue weighted by molar-refractivity contribution is -0.133. The first-order valence-corrected chi connectivity index (χ1v) is 9.19. The first-order chi connectivity index (χ1) is 12.0. The summed E-state index contributed by atoms with van der Waals surface area (Å²) in [7, 11) is 0. The van der Waals surface area contributed by atoms with Gasteiger partial charge in [0.1, 0.15) is 5.54 Å². The fourth-order valence-corrected chi connectivity index (χ4v) is 4.09. The molecule has 1 aromatic carbocycles. The zero-order valence-corrected chi connectivity index (χ0v) is 15.1. The van der Waals surface area contributed by atoms with Gasteiger partial charge in [-0.15, -0.1) is 0 Å². The maximum atomic E-state index is 12.6. The lowest BCUT2D eigenvalue weighted by Gasteiger charge is -2.43. The summed E-state index contributed by atoms with van der Waals surface area (Å²) >= 11 is 0. The molecule has 1 amide bonds. The summed E-state index contributed by atoms with van der Waals surface area (Å²) in [5.74, 6) is -0.0594. The molecule has 5 nitrogen and oxygen atoms in total. The third kappa shape index (κ3) is 3.86. The van der Waals surface area contributed by atoms with E-state index in [1.807, 2.05) is 18.2 Å². The number of nitrogens with zero attached hydrogens (tertiary/aromatic N) is 2. The van der Waals surface area contributed by atoms with Gasteiger partial charge >= 0.3 is 0 Å². The van der Waals surface area contributed by atoms with Crippen LogP contribution < -0.4 is 5.32 Å². The second-order valence-corrected chi connectivity index (χ2v) is 7.38. The van der Waals surface area contributed by atoms with Gasteiger partial charge in [0.05, 0.1) is 25.3 Å². The number of carbonyl (C=O) groups excluding carboxylic acids is 1. The van der Waals surface area contributed by atoms with Crippen molar-refractivity contribution < 1.29 is 9.53 Å². The van der Waals surface area contributed by atoms with Crippen molar-refractivity contribution in [2.45, 2.75) is 63.3 Å². The number of hydrogen-bond donors (Lipinski definition) is 1. The molecule has 1 aliphatic carbocycles. The van der Waals surface area contributed by atoms with Gasteiger partial charge in [-0.1, -0.05) is 30.3 Å². The van der Waals surface area contributed by atoms with Crippen molar-refractivity contribution in [2.75, 3.05) is 13.2 Å². The monoisotopic (exact) mass is 341 g/mol. The Hall–Kier alpha value is -1.90. The lowest BCUT2D eigenvalue weighted by Crippen LogP contribution is -2.56. The van der Waals surface area contributed by atoms with Gasteiger partial charge < -0.3 is 10.1 Å². The fourth-order valence-electron chi connectivity index (χ4n) is 4.09. The maximum Gasteiger partial charge on any atom is 0.235 e. The van der Waals surface area contributed by atoms with E-state index in [2.05, 4.69) is 42.3 Å². The fraction of sp³-hybridized carbons (Fsp3) is 0.600. The Morgan fingerprint density at radius 1 is 1.32 bits per heavy atom. The Balaban J connectivity index is 1.67. The summed E-state index contributed by atoms with van der Waals surface area (Å²) in [6.45, 7) is 5.09. The van der Waals surface area contributed by atoms with Crippen LogP contribution in [0.3, 0.4) is 0 Å². The highest BCUT2D eigenvalue weighted by Gasteiger charge is 2.38. The van der Waals surface area contributed by atoms with Gasteiger partial charge in [-0.05, 0) is 45.1 Å². The molecule has 1 aliphatic heterocycles. The highest BCUT2D eigenvalue weighted by molar-refractivity contribution is 5.79. The number of nitrogens with one attached hydrogen (secondary N) is 1. The van der Waals surface area contributed by atoms with Crippen molar-refractivity contribution in [3.8, 4) is 6.07 Å². The largest absolute Gasteiger partial charge is 0.370 e. The molecule has 5 heteroatoms. The minimum atomic E-state index is -0.658. The van der Waals surface area contributed by atoms with Crippen LogP contribution in [-0.2, 0) is 9.53 Å². The summed E-state index contributed by atoms with van der Waals surface area (Å²) in [6.07, 6.45) is 3.50. The van der Waals surface area contributed by atoms with Gasteiger partial charge in [0.2, 0.25) is 5.91 Å². The summed E-state index contributed by atoms with van der Waals surface area (Å²) in [6, 6.07) is 12.7. The average molecular weight is 341 g/mol. The number of hydrogen-bond acceptors (Lipinski definition) is 4. The maximum absolute atomic E-state index is 12.6. The van der Waals surface area contributed by atoms with Crippen LogP contribution in [0.5, 0.6) is 0 Å². The van der Waals surface area contributed by atoms with Crippen molar-refractivity contribution in [1.82, 2.24) is 10.2 Å². The Labute approximate surface area is 150 Å². The molecule has 1 N–H and O–H groups in total. The molecule has 0 spiro atoms. The van der Waals surface area contributed by atoms with E-state index in [-0.39, 0.29) is 24.1 Å². The molecular weight excluding hydrogens is 314 g/mol. The van der Waals surface area contributed by atoms with Crippen LogP contribution in [-0.4, -0.2) is 41.6 Å². The normalized spacial score (nSPS) is 29.1. The molecule has 3 atom stereocenters. The zero-order chi connectivity index (χ0) is 17.9. The molecule has 1 aromatic rings. The Morgan fingerprint density at radius 2 is 2.00 bits per heavy atom. The molecule has 3 rings (SSSR count). The quantitative estimate of drug-likeness (QED) is 0.914. The number of benzene rings is 1. The minimum absolute atomic E-state index is 0.0402. The molecule has 2 aliphatic rings. The molecule has 25 heavy (non-hydrogen) atoms. The Kier molecular flexibility index (Phi) is 5.41. The molecule has 134 valence electrons. The van der Waals surface area contributed by atoms with Crippen molar-refractivity contribution in [2.24, 2.45) is 0 Å². The van der Waals surface area contributed by atoms with Gasteiger partial charge in [0, 0.05) is 12.1 Å². The van der Waals surface area contributed by atoms with Crippen LogP contribution >= 0.6 is 0 Å². The first kappa shape index (κ1) is 17.9. The second-order valence-electron chi connectivity index (χ2n) is 7.38. The van der Waals surface area contributed by atoms with Gasteiger partial charge in [-0.3, -0.25) is 9.69 Å². The van der Waals surface area contributed by atoms with Crippen molar-refractivity contribution in [3.05, 3.63) is 35.9 Å². The lowest BCUT2D eigenvalue weighted by atomic mass is 9.98. The van der Waals surface area contributed by atoms with Gasteiger partial charge in [-0.25, -0.2) is 0 Å². The van der Waals surface area contributed by atoms with Gasteiger partial charge in [0.15, 0.2) is 0 Å². The zero-order valence-electron chi connectivity index (χ0n) is 15.1. The molecule has 0 aromatic heterocycles. The minimum Gasteiger partial charge on any atom is -0.370 e. The summed E-state index contributed by atoms with van der Waals surface area (Å²) < 4.78 is 6.05. The molecular formula is C20H27N3O2. The number of ether oxygens (including phenoxy) is 1. The first-order valence-electron chi connectivity index (χ1n) is 9.19. The SMILES string of the molecule is C[C@@H]1CO[C@@H](c2ccccc2)[C@@H](C)N1CC(=O)NC1(C#N)CCCC1. The summed E-state index contributed by atoms with van der Waals surface area (Å²) in [4.78, 5) is 14.8. The molecule has 0 bridgehead atoms. The van der Waals surface area contributed by atoms with E-state index in [4.69, 9.17) is 4.74 Å². The van der Waals surface area contributed by atoms with E-state index >= 15 is 0 Å². The topological polar surface area (TPSA) is 65.4 Å². The van der Waals surface area contributed by atoms with Crippen molar-refractivity contribution in [3.63, 3.8) is 0 Å².